The second-order valence-electron chi connectivity index (χ2n) is 6.16. The summed E-state index contributed by atoms with van der Waals surface area (Å²) in [5.74, 6) is 0.586. The van der Waals surface area contributed by atoms with Gasteiger partial charge in [-0.25, -0.2) is 5.43 Å². The summed E-state index contributed by atoms with van der Waals surface area (Å²) in [6.07, 6.45) is 1.98. The molecule has 0 aliphatic carbocycles. The number of hydrazone groups is 1. The van der Waals surface area contributed by atoms with Gasteiger partial charge in [0.15, 0.2) is 0 Å². The number of anilines is 1. The number of amides is 2. The van der Waals surface area contributed by atoms with Crippen molar-refractivity contribution in [3.8, 4) is 5.75 Å². The van der Waals surface area contributed by atoms with Crippen LogP contribution in [-0.4, -0.2) is 25.1 Å². The highest BCUT2D eigenvalue weighted by Crippen LogP contribution is 2.14. The van der Waals surface area contributed by atoms with Gasteiger partial charge in [-0.3, -0.25) is 9.59 Å². The van der Waals surface area contributed by atoms with Crippen LogP contribution >= 0.6 is 0 Å². The standard InChI is InChI=1S/C20H23N3O3/c1-14(2)12-19(24)22-17-10-8-15(9-11-17)20(25)23-21-13-16-6-4-5-7-18(16)26-3/h4-11,13-14H,12H2,1-3H3,(H,22,24)(H,23,25). The average Bonchev–Trinajstić information content (AvgIpc) is 2.62. The van der Waals surface area contributed by atoms with Crippen molar-refractivity contribution < 1.29 is 14.3 Å². The molecule has 0 saturated carbocycles. The lowest BCUT2D eigenvalue weighted by molar-refractivity contribution is -0.116. The van der Waals surface area contributed by atoms with Gasteiger partial charge in [0.25, 0.3) is 5.91 Å². The first-order valence-electron chi connectivity index (χ1n) is 8.36. The second-order valence-corrected chi connectivity index (χ2v) is 6.16. The SMILES string of the molecule is COc1ccccc1C=NNC(=O)c1ccc(NC(=O)CC(C)C)cc1. The first kappa shape index (κ1) is 19.2. The largest absolute Gasteiger partial charge is 0.496 e. The van der Waals surface area contributed by atoms with Gasteiger partial charge in [-0.05, 0) is 42.3 Å². The summed E-state index contributed by atoms with van der Waals surface area (Å²) >= 11 is 0. The molecule has 0 saturated heterocycles. The fourth-order valence-corrected chi connectivity index (χ4v) is 2.29. The van der Waals surface area contributed by atoms with Crippen molar-refractivity contribution in [1.29, 1.82) is 0 Å². The minimum absolute atomic E-state index is 0.0430. The Morgan fingerprint density at radius 2 is 1.81 bits per heavy atom. The van der Waals surface area contributed by atoms with Crippen LogP contribution in [0.2, 0.25) is 0 Å². The molecule has 0 spiro atoms. The van der Waals surface area contributed by atoms with E-state index in [0.29, 0.717) is 29.3 Å². The van der Waals surface area contributed by atoms with Crippen LogP contribution in [-0.2, 0) is 4.79 Å². The zero-order valence-electron chi connectivity index (χ0n) is 15.2. The number of carbonyl (C=O) groups excluding carboxylic acids is 2. The Labute approximate surface area is 153 Å². The van der Waals surface area contributed by atoms with Gasteiger partial charge in [0.05, 0.1) is 13.3 Å². The number of para-hydroxylation sites is 1. The molecule has 2 amide bonds. The Kier molecular flexibility index (Phi) is 6.91. The van der Waals surface area contributed by atoms with E-state index in [4.69, 9.17) is 4.74 Å². The number of rotatable bonds is 7. The summed E-state index contributed by atoms with van der Waals surface area (Å²) in [7, 11) is 1.58. The van der Waals surface area contributed by atoms with Gasteiger partial charge in [-0.15, -0.1) is 0 Å². The molecule has 136 valence electrons. The first-order valence-corrected chi connectivity index (χ1v) is 8.36. The van der Waals surface area contributed by atoms with E-state index in [0.717, 1.165) is 5.56 Å². The Bertz CT molecular complexity index is 783. The van der Waals surface area contributed by atoms with E-state index in [-0.39, 0.29) is 11.8 Å². The second kappa shape index (κ2) is 9.36. The molecule has 0 unspecified atom stereocenters. The zero-order valence-corrected chi connectivity index (χ0v) is 15.2. The number of methoxy groups -OCH3 is 1. The van der Waals surface area contributed by atoms with Crippen molar-refractivity contribution in [2.24, 2.45) is 11.0 Å². The van der Waals surface area contributed by atoms with Crippen molar-refractivity contribution in [3.05, 3.63) is 59.7 Å². The molecule has 0 bridgehead atoms. The molecule has 0 aromatic heterocycles. The van der Waals surface area contributed by atoms with E-state index in [1.54, 1.807) is 31.4 Å². The van der Waals surface area contributed by atoms with E-state index < -0.39 is 0 Å². The molecule has 2 aromatic rings. The third kappa shape index (κ3) is 5.73. The molecule has 26 heavy (non-hydrogen) atoms. The number of ether oxygens (including phenoxy) is 1. The molecule has 2 N–H and O–H groups in total. The number of hydrogen-bond acceptors (Lipinski definition) is 4. The van der Waals surface area contributed by atoms with Crippen LogP contribution in [0, 0.1) is 5.92 Å². The highest BCUT2D eigenvalue weighted by atomic mass is 16.5. The third-order valence-corrected chi connectivity index (χ3v) is 3.53. The number of nitrogens with zero attached hydrogens (tertiary/aromatic N) is 1. The minimum Gasteiger partial charge on any atom is -0.496 e. The van der Waals surface area contributed by atoms with E-state index in [1.807, 2.05) is 38.1 Å². The molecule has 0 heterocycles. The van der Waals surface area contributed by atoms with E-state index in [9.17, 15) is 9.59 Å². The molecule has 0 fully saturated rings. The minimum atomic E-state index is -0.337. The average molecular weight is 353 g/mol. The number of benzene rings is 2. The van der Waals surface area contributed by atoms with Gasteiger partial charge in [0.2, 0.25) is 5.91 Å². The predicted octanol–water partition coefficient (Wildman–Crippen LogP) is 3.44. The van der Waals surface area contributed by atoms with Crippen molar-refractivity contribution >= 4 is 23.7 Å². The lowest BCUT2D eigenvalue weighted by Crippen LogP contribution is -2.18. The van der Waals surface area contributed by atoms with Gasteiger partial charge >= 0.3 is 0 Å². The number of carbonyl (C=O) groups is 2. The van der Waals surface area contributed by atoms with Crippen molar-refractivity contribution in [3.63, 3.8) is 0 Å². The van der Waals surface area contributed by atoms with Gasteiger partial charge in [-0.2, -0.15) is 5.10 Å². The highest BCUT2D eigenvalue weighted by molar-refractivity contribution is 5.96. The lowest BCUT2D eigenvalue weighted by atomic mass is 10.1. The summed E-state index contributed by atoms with van der Waals surface area (Å²) in [4.78, 5) is 23.9. The predicted molar refractivity (Wildman–Crippen MR) is 103 cm³/mol. The van der Waals surface area contributed by atoms with Crippen LogP contribution in [0.15, 0.2) is 53.6 Å². The van der Waals surface area contributed by atoms with Gasteiger partial charge in [0.1, 0.15) is 5.75 Å². The van der Waals surface area contributed by atoms with Crippen molar-refractivity contribution in [2.75, 3.05) is 12.4 Å². The molecular formula is C20H23N3O3. The van der Waals surface area contributed by atoms with E-state index in [1.165, 1.54) is 6.21 Å². The molecule has 6 nitrogen and oxygen atoms in total. The first-order chi connectivity index (χ1) is 12.5. The Morgan fingerprint density at radius 3 is 2.46 bits per heavy atom. The normalized spacial score (nSPS) is 10.8. The molecule has 0 atom stereocenters. The van der Waals surface area contributed by atoms with Crippen LogP contribution in [0.1, 0.15) is 36.2 Å². The highest BCUT2D eigenvalue weighted by Gasteiger charge is 2.07. The van der Waals surface area contributed by atoms with Crippen LogP contribution in [0.4, 0.5) is 5.69 Å². The Balaban J connectivity index is 1.93. The van der Waals surface area contributed by atoms with Crippen molar-refractivity contribution in [2.45, 2.75) is 20.3 Å². The molecule has 2 rings (SSSR count). The molecule has 6 heteroatoms. The number of hydrogen-bond donors (Lipinski definition) is 2. The quantitative estimate of drug-likeness (QED) is 0.591. The maximum Gasteiger partial charge on any atom is 0.271 e. The van der Waals surface area contributed by atoms with Gasteiger partial charge in [0, 0.05) is 23.2 Å². The zero-order chi connectivity index (χ0) is 18.9. The molecule has 0 aliphatic rings. The van der Waals surface area contributed by atoms with Gasteiger partial charge < -0.3 is 10.1 Å². The van der Waals surface area contributed by atoms with Crippen molar-refractivity contribution in [1.82, 2.24) is 5.43 Å². The van der Waals surface area contributed by atoms with Crippen LogP contribution in [0.25, 0.3) is 0 Å². The van der Waals surface area contributed by atoms with Crippen LogP contribution in [0.3, 0.4) is 0 Å². The summed E-state index contributed by atoms with van der Waals surface area (Å²) in [6, 6.07) is 14.0. The smallest absolute Gasteiger partial charge is 0.271 e. The maximum absolute atomic E-state index is 12.1. The van der Waals surface area contributed by atoms with E-state index >= 15 is 0 Å². The maximum atomic E-state index is 12.1. The summed E-state index contributed by atoms with van der Waals surface area (Å²) in [6.45, 7) is 3.97. The fourth-order valence-electron chi connectivity index (χ4n) is 2.29. The number of nitrogens with one attached hydrogen (secondary N) is 2. The third-order valence-electron chi connectivity index (χ3n) is 3.53. The van der Waals surface area contributed by atoms with Crippen LogP contribution in [0.5, 0.6) is 5.75 Å². The van der Waals surface area contributed by atoms with Gasteiger partial charge in [-0.1, -0.05) is 26.0 Å². The Morgan fingerprint density at radius 1 is 1.12 bits per heavy atom. The fraction of sp³-hybridized carbons (Fsp3) is 0.250. The molecule has 0 aliphatic heterocycles. The summed E-state index contributed by atoms with van der Waals surface area (Å²) < 4.78 is 5.22. The summed E-state index contributed by atoms with van der Waals surface area (Å²) in [5, 5.41) is 6.76. The summed E-state index contributed by atoms with van der Waals surface area (Å²) in [5.41, 5.74) is 4.34. The van der Waals surface area contributed by atoms with E-state index in [2.05, 4.69) is 15.8 Å². The molecule has 0 radical (unpaired) electrons. The van der Waals surface area contributed by atoms with Crippen LogP contribution < -0.4 is 15.5 Å². The Hall–Kier alpha value is -3.15. The monoisotopic (exact) mass is 353 g/mol. The molecular weight excluding hydrogens is 330 g/mol. The molecule has 2 aromatic carbocycles. The lowest BCUT2D eigenvalue weighted by Gasteiger charge is -2.07. The topological polar surface area (TPSA) is 79.8 Å².